The summed E-state index contributed by atoms with van der Waals surface area (Å²) in [6.45, 7) is 6.39. The maximum absolute atomic E-state index is 6.22. The van der Waals surface area contributed by atoms with Gasteiger partial charge in [-0.05, 0) is 89.8 Å². The first kappa shape index (κ1) is 29.3. The van der Waals surface area contributed by atoms with E-state index in [1.165, 1.54) is 38.5 Å². The molecule has 39 heavy (non-hydrogen) atoms. The summed E-state index contributed by atoms with van der Waals surface area (Å²) < 4.78 is 0. The van der Waals surface area contributed by atoms with Gasteiger partial charge < -0.3 is 37.3 Å². The van der Waals surface area contributed by atoms with Crippen LogP contribution in [0.2, 0.25) is 0 Å². The summed E-state index contributed by atoms with van der Waals surface area (Å²) in [7, 11) is 0. The first-order valence-electron chi connectivity index (χ1n) is 15.1. The second-order valence-corrected chi connectivity index (χ2v) is 10.9. The Morgan fingerprint density at radius 3 is 2.59 bits per heavy atom. The standard InChI is InChI=1S/C29H50N10/c30-23(8-6-15-32-16-7-17-34-24-9-2-1-3-10-24)22-39(31)21-20-35-29-37-27-12-5-4-11-26(27)28(38-29)36-25-13-18-33-19-14-25/h4-5,11-12,22,24-25,32-34H,1-3,6-10,13-21,30-31H2,(H2,35,36,37,38)/b23-22-. The van der Waals surface area contributed by atoms with Gasteiger partial charge in [-0.3, -0.25) is 0 Å². The first-order valence-corrected chi connectivity index (χ1v) is 15.1. The van der Waals surface area contributed by atoms with Gasteiger partial charge in [-0.25, -0.2) is 10.8 Å². The van der Waals surface area contributed by atoms with E-state index in [9.17, 15) is 0 Å². The zero-order valence-corrected chi connectivity index (χ0v) is 23.6. The molecule has 0 radical (unpaired) electrons. The number of piperidine rings is 1. The average molecular weight is 539 g/mol. The van der Waals surface area contributed by atoms with Crippen molar-refractivity contribution in [3.8, 4) is 0 Å². The van der Waals surface area contributed by atoms with Gasteiger partial charge in [0.05, 0.1) is 12.1 Å². The lowest BCUT2D eigenvalue weighted by Gasteiger charge is -2.25. The van der Waals surface area contributed by atoms with Crippen molar-refractivity contribution in [1.82, 2.24) is 30.9 Å². The van der Waals surface area contributed by atoms with Gasteiger partial charge in [-0.15, -0.1) is 0 Å². The minimum absolute atomic E-state index is 0.420. The quantitative estimate of drug-likeness (QED) is 0.0969. The number of nitrogens with zero attached hydrogens (tertiary/aromatic N) is 3. The van der Waals surface area contributed by atoms with Gasteiger partial charge in [0.2, 0.25) is 5.95 Å². The van der Waals surface area contributed by atoms with Crippen molar-refractivity contribution in [1.29, 1.82) is 0 Å². The van der Waals surface area contributed by atoms with Crippen LogP contribution in [0.1, 0.15) is 64.2 Å². The highest BCUT2D eigenvalue weighted by Crippen LogP contribution is 2.24. The molecule has 1 saturated carbocycles. The Labute approximate surface area is 234 Å². The maximum atomic E-state index is 6.22. The third-order valence-electron chi connectivity index (χ3n) is 7.66. The van der Waals surface area contributed by atoms with Crippen molar-refractivity contribution in [2.45, 2.75) is 76.3 Å². The van der Waals surface area contributed by atoms with Crippen LogP contribution in [-0.2, 0) is 0 Å². The molecule has 10 heteroatoms. The molecule has 4 rings (SSSR count). The molecule has 1 saturated heterocycles. The van der Waals surface area contributed by atoms with Crippen LogP contribution in [0.15, 0.2) is 36.2 Å². The SMILES string of the molecule is N/C(=C\N(N)CCNc1nc(NC2CCNCC2)c2ccccc2n1)CCCNCCCNC1CCCCC1. The van der Waals surface area contributed by atoms with Crippen LogP contribution < -0.4 is 38.2 Å². The van der Waals surface area contributed by atoms with Crippen molar-refractivity contribution in [2.75, 3.05) is 56.4 Å². The number of allylic oxidation sites excluding steroid dienone is 1. The van der Waals surface area contributed by atoms with Gasteiger partial charge >= 0.3 is 0 Å². The molecule has 1 aromatic carbocycles. The molecule has 1 aliphatic carbocycles. The maximum Gasteiger partial charge on any atom is 0.225 e. The Morgan fingerprint density at radius 2 is 1.74 bits per heavy atom. The lowest BCUT2D eigenvalue weighted by molar-refractivity contribution is 0.371. The zero-order valence-electron chi connectivity index (χ0n) is 23.6. The number of hydrogen-bond acceptors (Lipinski definition) is 10. The Bertz CT molecular complexity index is 1000. The van der Waals surface area contributed by atoms with Crippen LogP contribution in [0.4, 0.5) is 11.8 Å². The lowest BCUT2D eigenvalue weighted by Crippen LogP contribution is -2.35. The summed E-state index contributed by atoms with van der Waals surface area (Å²) in [5.41, 5.74) is 7.94. The van der Waals surface area contributed by atoms with Crippen LogP contribution in [-0.4, -0.2) is 72.9 Å². The molecule has 0 amide bonds. The van der Waals surface area contributed by atoms with Crippen LogP contribution in [0, 0.1) is 0 Å². The number of hydrazine groups is 1. The molecule has 216 valence electrons. The molecule has 0 atom stereocenters. The third kappa shape index (κ3) is 10.4. The number of benzene rings is 1. The molecule has 0 spiro atoms. The topological polar surface area (TPSA) is 141 Å². The van der Waals surface area contributed by atoms with Crippen molar-refractivity contribution < 1.29 is 0 Å². The highest BCUT2D eigenvalue weighted by atomic mass is 15.4. The van der Waals surface area contributed by atoms with Gasteiger partial charge in [0, 0.05) is 35.9 Å². The molecule has 2 aliphatic rings. The van der Waals surface area contributed by atoms with Crippen LogP contribution in [0.3, 0.4) is 0 Å². The van der Waals surface area contributed by atoms with Crippen molar-refractivity contribution in [3.05, 3.63) is 36.2 Å². The molecule has 9 N–H and O–H groups in total. The molecule has 2 aromatic rings. The molecule has 1 aliphatic heterocycles. The summed E-state index contributed by atoms with van der Waals surface area (Å²) >= 11 is 0. The summed E-state index contributed by atoms with van der Waals surface area (Å²) in [4.78, 5) is 9.49. The number of nitrogens with one attached hydrogen (secondary N) is 5. The Balaban J connectivity index is 1.12. The van der Waals surface area contributed by atoms with E-state index in [2.05, 4.69) is 32.7 Å². The highest BCUT2D eigenvalue weighted by Gasteiger charge is 2.16. The molecule has 1 aromatic heterocycles. The second-order valence-electron chi connectivity index (χ2n) is 10.9. The summed E-state index contributed by atoms with van der Waals surface area (Å²) in [5.74, 6) is 7.68. The predicted octanol–water partition coefficient (Wildman–Crippen LogP) is 2.86. The number of anilines is 2. The highest BCUT2D eigenvalue weighted by molar-refractivity contribution is 5.90. The van der Waals surface area contributed by atoms with Gasteiger partial charge in [0.15, 0.2) is 0 Å². The van der Waals surface area contributed by atoms with Gasteiger partial charge in [0.25, 0.3) is 0 Å². The van der Waals surface area contributed by atoms with Crippen LogP contribution >= 0.6 is 0 Å². The zero-order chi connectivity index (χ0) is 27.1. The molecule has 10 nitrogen and oxygen atoms in total. The Kier molecular flexibility index (Phi) is 12.4. The fourth-order valence-corrected chi connectivity index (χ4v) is 5.43. The van der Waals surface area contributed by atoms with E-state index in [1.54, 1.807) is 5.01 Å². The molecule has 2 heterocycles. The smallest absolute Gasteiger partial charge is 0.225 e. The molecule has 2 fully saturated rings. The lowest BCUT2D eigenvalue weighted by atomic mass is 9.95. The first-order chi connectivity index (χ1) is 19.2. The van der Waals surface area contributed by atoms with E-state index in [0.717, 1.165) is 86.9 Å². The van der Waals surface area contributed by atoms with Gasteiger partial charge in [-0.2, -0.15) is 4.98 Å². The fraction of sp³-hybridized carbons (Fsp3) is 0.655. The number of hydrogen-bond donors (Lipinski definition) is 7. The number of fused-ring (bicyclic) bond motifs is 1. The molecule has 0 bridgehead atoms. The number of aromatic nitrogens is 2. The largest absolute Gasteiger partial charge is 0.401 e. The average Bonchev–Trinajstić information content (AvgIpc) is 2.95. The number of rotatable bonds is 16. The minimum Gasteiger partial charge on any atom is -0.401 e. The van der Waals surface area contributed by atoms with E-state index >= 15 is 0 Å². The van der Waals surface area contributed by atoms with E-state index < -0.39 is 0 Å². The number of para-hydroxylation sites is 1. The van der Waals surface area contributed by atoms with E-state index in [4.69, 9.17) is 21.5 Å². The van der Waals surface area contributed by atoms with Crippen molar-refractivity contribution >= 4 is 22.7 Å². The molecular weight excluding hydrogens is 488 g/mol. The minimum atomic E-state index is 0.420. The summed E-state index contributed by atoms with van der Waals surface area (Å²) in [6, 6.07) is 9.30. The summed E-state index contributed by atoms with van der Waals surface area (Å²) in [6.07, 6.45) is 13.9. The van der Waals surface area contributed by atoms with E-state index in [-0.39, 0.29) is 0 Å². The molecular formula is C29H50N10. The van der Waals surface area contributed by atoms with Crippen molar-refractivity contribution in [3.63, 3.8) is 0 Å². The second kappa shape index (κ2) is 16.4. The van der Waals surface area contributed by atoms with Crippen LogP contribution in [0.5, 0.6) is 0 Å². The predicted molar refractivity (Wildman–Crippen MR) is 162 cm³/mol. The van der Waals surface area contributed by atoms with Crippen molar-refractivity contribution in [2.24, 2.45) is 11.6 Å². The molecule has 0 unspecified atom stereocenters. The number of nitrogens with two attached hydrogens (primary N) is 2. The van der Waals surface area contributed by atoms with E-state index in [0.29, 0.717) is 25.1 Å². The summed E-state index contributed by atoms with van der Waals surface area (Å²) in [5, 5.41) is 20.3. The Morgan fingerprint density at radius 1 is 0.949 bits per heavy atom. The van der Waals surface area contributed by atoms with Crippen LogP contribution in [0.25, 0.3) is 10.9 Å². The van der Waals surface area contributed by atoms with E-state index in [1.807, 2.05) is 24.4 Å². The third-order valence-corrected chi connectivity index (χ3v) is 7.66. The fourth-order valence-electron chi connectivity index (χ4n) is 5.43. The van der Waals surface area contributed by atoms with Gasteiger partial charge in [-0.1, -0.05) is 31.4 Å². The Hall–Kier alpha value is -2.66. The van der Waals surface area contributed by atoms with Gasteiger partial charge in [0.1, 0.15) is 5.82 Å². The normalized spacial score (nSPS) is 17.4. The monoisotopic (exact) mass is 538 g/mol.